The standard InChI is InChI=1S/C18H21BrN4O/c1-13-7-8-20-18(22-13)23-9-3-5-15(12-23)17(24)21-11-14-4-2-6-16(19)10-14/h2,4,6-8,10,15H,3,5,9,11-12H2,1H3,(H,21,24)/t15-/m0/s1. The van der Waals surface area contributed by atoms with Crippen LogP contribution < -0.4 is 10.2 Å². The lowest BCUT2D eigenvalue weighted by Gasteiger charge is -2.32. The van der Waals surface area contributed by atoms with Gasteiger partial charge >= 0.3 is 0 Å². The maximum absolute atomic E-state index is 12.5. The van der Waals surface area contributed by atoms with E-state index in [9.17, 15) is 4.79 Å². The zero-order chi connectivity index (χ0) is 16.9. The molecular weight excluding hydrogens is 368 g/mol. The van der Waals surface area contributed by atoms with Gasteiger partial charge in [-0.25, -0.2) is 9.97 Å². The molecule has 24 heavy (non-hydrogen) atoms. The Morgan fingerprint density at radius 1 is 1.42 bits per heavy atom. The van der Waals surface area contributed by atoms with E-state index in [4.69, 9.17) is 0 Å². The summed E-state index contributed by atoms with van der Waals surface area (Å²) >= 11 is 3.45. The van der Waals surface area contributed by atoms with Crippen LogP contribution in [-0.2, 0) is 11.3 Å². The van der Waals surface area contributed by atoms with Gasteiger partial charge in [-0.3, -0.25) is 4.79 Å². The van der Waals surface area contributed by atoms with Crippen LogP contribution in [0.25, 0.3) is 0 Å². The van der Waals surface area contributed by atoms with Crippen molar-refractivity contribution in [2.75, 3.05) is 18.0 Å². The highest BCUT2D eigenvalue weighted by molar-refractivity contribution is 9.10. The Morgan fingerprint density at radius 3 is 3.08 bits per heavy atom. The molecule has 126 valence electrons. The minimum absolute atomic E-state index is 0.0185. The SMILES string of the molecule is Cc1ccnc(N2CCC[C@H](C(=O)NCc3cccc(Br)c3)C2)n1. The van der Waals surface area contributed by atoms with E-state index in [1.54, 1.807) is 6.20 Å². The van der Waals surface area contributed by atoms with E-state index >= 15 is 0 Å². The third-order valence-corrected chi connectivity index (χ3v) is 4.71. The van der Waals surface area contributed by atoms with Gasteiger partial charge in [0.2, 0.25) is 11.9 Å². The second-order valence-electron chi connectivity index (χ2n) is 6.13. The Kier molecular flexibility index (Phi) is 5.45. The van der Waals surface area contributed by atoms with Crippen molar-refractivity contribution in [3.8, 4) is 0 Å². The van der Waals surface area contributed by atoms with Gasteiger partial charge in [0, 0.05) is 36.0 Å². The summed E-state index contributed by atoms with van der Waals surface area (Å²) in [5, 5.41) is 3.05. The normalized spacial score (nSPS) is 17.6. The molecule has 1 aromatic carbocycles. The number of piperidine rings is 1. The fraction of sp³-hybridized carbons (Fsp3) is 0.389. The number of carbonyl (C=O) groups excluding carboxylic acids is 1. The number of carbonyl (C=O) groups is 1. The highest BCUT2D eigenvalue weighted by Gasteiger charge is 2.26. The summed E-state index contributed by atoms with van der Waals surface area (Å²) < 4.78 is 1.02. The van der Waals surface area contributed by atoms with Crippen molar-refractivity contribution in [2.24, 2.45) is 5.92 Å². The third-order valence-electron chi connectivity index (χ3n) is 4.21. The van der Waals surface area contributed by atoms with E-state index in [-0.39, 0.29) is 11.8 Å². The third kappa shape index (κ3) is 4.32. The van der Waals surface area contributed by atoms with Gasteiger partial charge in [0.25, 0.3) is 0 Å². The Hall–Kier alpha value is -1.95. The first-order valence-corrected chi connectivity index (χ1v) is 8.98. The molecule has 0 radical (unpaired) electrons. The minimum Gasteiger partial charge on any atom is -0.352 e. The highest BCUT2D eigenvalue weighted by Crippen LogP contribution is 2.21. The first-order valence-electron chi connectivity index (χ1n) is 8.18. The smallest absolute Gasteiger partial charge is 0.225 e. The molecule has 1 saturated heterocycles. The molecule has 1 aromatic heterocycles. The number of nitrogens with zero attached hydrogens (tertiary/aromatic N) is 3. The van der Waals surface area contributed by atoms with Crippen LogP contribution in [0.1, 0.15) is 24.1 Å². The van der Waals surface area contributed by atoms with Gasteiger partial charge in [0.05, 0.1) is 5.92 Å². The predicted molar refractivity (Wildman–Crippen MR) is 97.7 cm³/mol. The summed E-state index contributed by atoms with van der Waals surface area (Å²) in [5.74, 6) is 0.807. The molecule has 2 aromatic rings. The maximum Gasteiger partial charge on any atom is 0.225 e. The predicted octanol–water partition coefficient (Wildman–Crippen LogP) is 3.08. The van der Waals surface area contributed by atoms with Gasteiger partial charge in [-0.15, -0.1) is 0 Å². The van der Waals surface area contributed by atoms with Crippen molar-refractivity contribution in [3.05, 3.63) is 52.3 Å². The van der Waals surface area contributed by atoms with E-state index in [0.717, 1.165) is 41.1 Å². The van der Waals surface area contributed by atoms with Crippen molar-refractivity contribution in [2.45, 2.75) is 26.3 Å². The van der Waals surface area contributed by atoms with Crippen molar-refractivity contribution < 1.29 is 4.79 Å². The molecule has 0 bridgehead atoms. The number of nitrogens with one attached hydrogen (secondary N) is 1. The largest absolute Gasteiger partial charge is 0.352 e. The molecule has 1 aliphatic rings. The van der Waals surface area contributed by atoms with Crippen LogP contribution in [0.15, 0.2) is 41.0 Å². The van der Waals surface area contributed by atoms with Crippen molar-refractivity contribution in [1.82, 2.24) is 15.3 Å². The summed E-state index contributed by atoms with van der Waals surface area (Å²) in [5.41, 5.74) is 2.04. The summed E-state index contributed by atoms with van der Waals surface area (Å²) in [6.07, 6.45) is 3.66. The molecule has 1 amide bonds. The van der Waals surface area contributed by atoms with Gasteiger partial charge in [0.1, 0.15) is 0 Å². The number of aryl methyl sites for hydroxylation is 1. The van der Waals surface area contributed by atoms with Crippen LogP contribution in [0, 0.1) is 12.8 Å². The monoisotopic (exact) mass is 388 g/mol. The Labute approximate surface area is 150 Å². The minimum atomic E-state index is -0.0185. The molecule has 1 N–H and O–H groups in total. The molecule has 5 nitrogen and oxygen atoms in total. The molecule has 0 aliphatic carbocycles. The molecule has 0 saturated carbocycles. The summed E-state index contributed by atoms with van der Waals surface area (Å²) in [6, 6.07) is 9.87. The first kappa shape index (κ1) is 16.9. The highest BCUT2D eigenvalue weighted by atomic mass is 79.9. The molecule has 1 atom stereocenters. The van der Waals surface area contributed by atoms with E-state index in [1.807, 2.05) is 37.3 Å². The molecule has 0 unspecified atom stereocenters. The fourth-order valence-electron chi connectivity index (χ4n) is 2.94. The van der Waals surface area contributed by atoms with E-state index in [0.29, 0.717) is 13.1 Å². The van der Waals surface area contributed by atoms with Crippen molar-refractivity contribution >= 4 is 27.8 Å². The van der Waals surface area contributed by atoms with E-state index in [1.165, 1.54) is 0 Å². The van der Waals surface area contributed by atoms with Crippen molar-refractivity contribution in [1.29, 1.82) is 0 Å². The number of halogens is 1. The lowest BCUT2D eigenvalue weighted by molar-refractivity contribution is -0.125. The zero-order valence-electron chi connectivity index (χ0n) is 13.7. The second kappa shape index (κ2) is 7.75. The number of benzene rings is 1. The number of amides is 1. The lowest BCUT2D eigenvalue weighted by Crippen LogP contribution is -2.43. The molecule has 1 aliphatic heterocycles. The number of hydrogen-bond donors (Lipinski definition) is 1. The van der Waals surface area contributed by atoms with Gasteiger partial charge in [-0.05, 0) is 43.5 Å². The average molecular weight is 389 g/mol. The second-order valence-corrected chi connectivity index (χ2v) is 7.05. The van der Waals surface area contributed by atoms with Crippen LogP contribution in [0.3, 0.4) is 0 Å². The fourth-order valence-corrected chi connectivity index (χ4v) is 3.39. The van der Waals surface area contributed by atoms with Gasteiger partial charge in [0.15, 0.2) is 0 Å². The van der Waals surface area contributed by atoms with Crippen LogP contribution in [0.2, 0.25) is 0 Å². The van der Waals surface area contributed by atoms with Crippen LogP contribution in [0.4, 0.5) is 5.95 Å². The Bertz CT molecular complexity index is 722. The van der Waals surface area contributed by atoms with Crippen LogP contribution in [0.5, 0.6) is 0 Å². The molecule has 6 heteroatoms. The van der Waals surface area contributed by atoms with Crippen LogP contribution >= 0.6 is 15.9 Å². The van der Waals surface area contributed by atoms with Gasteiger partial charge in [-0.1, -0.05) is 28.1 Å². The maximum atomic E-state index is 12.5. The van der Waals surface area contributed by atoms with Crippen LogP contribution in [-0.4, -0.2) is 29.0 Å². The number of aromatic nitrogens is 2. The molecule has 1 fully saturated rings. The molecule has 0 spiro atoms. The topological polar surface area (TPSA) is 58.1 Å². The number of hydrogen-bond acceptors (Lipinski definition) is 4. The quantitative estimate of drug-likeness (QED) is 0.873. The Morgan fingerprint density at radius 2 is 2.29 bits per heavy atom. The van der Waals surface area contributed by atoms with Gasteiger partial charge in [-0.2, -0.15) is 0 Å². The van der Waals surface area contributed by atoms with Crippen molar-refractivity contribution in [3.63, 3.8) is 0 Å². The summed E-state index contributed by atoms with van der Waals surface area (Å²) in [7, 11) is 0. The number of anilines is 1. The first-order chi connectivity index (χ1) is 11.6. The number of rotatable bonds is 4. The lowest BCUT2D eigenvalue weighted by atomic mass is 9.97. The summed E-state index contributed by atoms with van der Waals surface area (Å²) in [6.45, 7) is 4.08. The summed E-state index contributed by atoms with van der Waals surface area (Å²) in [4.78, 5) is 23.4. The zero-order valence-corrected chi connectivity index (χ0v) is 15.3. The van der Waals surface area contributed by atoms with E-state index < -0.39 is 0 Å². The van der Waals surface area contributed by atoms with Gasteiger partial charge < -0.3 is 10.2 Å². The Balaban J connectivity index is 1.59. The average Bonchev–Trinajstić information content (AvgIpc) is 2.60. The van der Waals surface area contributed by atoms with E-state index in [2.05, 4.69) is 36.1 Å². The molecule has 3 rings (SSSR count). The molecule has 2 heterocycles. The molecular formula is C18H21BrN4O.